The third kappa shape index (κ3) is 6.81. The van der Waals surface area contributed by atoms with E-state index >= 15 is 0 Å². The fourth-order valence-electron chi connectivity index (χ4n) is 4.67. The van der Waals surface area contributed by atoms with Crippen LogP contribution in [0.1, 0.15) is 36.5 Å². The number of benzene rings is 3. The van der Waals surface area contributed by atoms with Gasteiger partial charge in [-0.2, -0.15) is 26.3 Å². The van der Waals surface area contributed by atoms with Crippen LogP contribution in [0, 0.1) is 0 Å². The number of nitrogens with one attached hydrogen (secondary N) is 3. The van der Waals surface area contributed by atoms with Crippen LogP contribution < -0.4 is 16.0 Å². The third-order valence-corrected chi connectivity index (χ3v) is 7.34. The first-order valence-corrected chi connectivity index (χ1v) is 13.7. The van der Waals surface area contributed by atoms with E-state index in [1.54, 1.807) is 38.1 Å². The number of anilines is 2. The summed E-state index contributed by atoms with van der Waals surface area (Å²) in [6.45, 7) is 3.19. The van der Waals surface area contributed by atoms with Crippen molar-refractivity contribution in [3.63, 3.8) is 0 Å². The average Bonchev–Trinajstić information content (AvgIpc) is 2.92. The van der Waals surface area contributed by atoms with Gasteiger partial charge in [0.2, 0.25) is 0 Å². The minimum atomic E-state index is -4.63. The van der Waals surface area contributed by atoms with Gasteiger partial charge in [-0.1, -0.05) is 24.3 Å². The van der Waals surface area contributed by atoms with Crippen molar-refractivity contribution < 1.29 is 35.9 Å². The molecule has 12 heteroatoms. The maximum absolute atomic E-state index is 13.7. The molecule has 0 radical (unpaired) electrons. The number of dihydropyridines is 1. The van der Waals surface area contributed by atoms with Gasteiger partial charge in [0, 0.05) is 44.7 Å². The first-order chi connectivity index (χ1) is 19.7. The Bertz CT molecular complexity index is 1480. The van der Waals surface area contributed by atoms with E-state index in [4.69, 9.17) is 0 Å². The number of allylic oxidation sites excluding steroid dienone is 2. The Kier molecular flexibility index (Phi) is 8.76. The monoisotopic (exact) mass is 605 g/mol. The first kappa shape index (κ1) is 30.8. The van der Waals surface area contributed by atoms with Gasteiger partial charge in [0.1, 0.15) is 0 Å². The maximum Gasteiger partial charge on any atom is 0.416 e. The zero-order valence-electron chi connectivity index (χ0n) is 22.5. The van der Waals surface area contributed by atoms with Crippen molar-refractivity contribution in [2.45, 2.75) is 37.0 Å². The number of hydrogen-bond donors (Lipinski definition) is 3. The second-order valence-electron chi connectivity index (χ2n) is 9.47. The summed E-state index contributed by atoms with van der Waals surface area (Å²) in [5.41, 5.74) is -0.758. The van der Waals surface area contributed by atoms with Crippen molar-refractivity contribution >= 4 is 35.0 Å². The van der Waals surface area contributed by atoms with Gasteiger partial charge in [-0.3, -0.25) is 9.59 Å². The lowest BCUT2D eigenvalue weighted by Gasteiger charge is -2.31. The molecule has 3 N–H and O–H groups in total. The SMILES string of the molecule is CSc1ccc(C2C(C(=O)Nc3cccc(C(F)(F)F)c3)=C(C)NC(C)=C2C(=O)Nc2cccc(C(F)(F)F)c2)cc1. The summed E-state index contributed by atoms with van der Waals surface area (Å²) in [6, 6.07) is 15.3. The summed E-state index contributed by atoms with van der Waals surface area (Å²) >= 11 is 1.47. The van der Waals surface area contributed by atoms with Crippen LogP contribution in [-0.4, -0.2) is 18.1 Å². The van der Waals surface area contributed by atoms with E-state index in [1.165, 1.54) is 23.9 Å². The largest absolute Gasteiger partial charge is 0.416 e. The number of amides is 2. The highest BCUT2D eigenvalue weighted by atomic mass is 32.2. The maximum atomic E-state index is 13.7. The van der Waals surface area contributed by atoms with Crippen molar-refractivity contribution in [3.8, 4) is 0 Å². The van der Waals surface area contributed by atoms with Crippen LogP contribution in [0.4, 0.5) is 37.7 Å². The van der Waals surface area contributed by atoms with E-state index < -0.39 is 41.2 Å². The molecule has 220 valence electrons. The third-order valence-electron chi connectivity index (χ3n) is 6.59. The lowest BCUT2D eigenvalue weighted by Crippen LogP contribution is -2.35. The summed E-state index contributed by atoms with van der Waals surface area (Å²) in [5.74, 6) is -2.51. The molecular weight excluding hydrogens is 580 g/mol. The lowest BCUT2D eigenvalue weighted by atomic mass is 9.79. The quantitative estimate of drug-likeness (QED) is 0.197. The van der Waals surface area contributed by atoms with E-state index in [1.807, 2.05) is 6.26 Å². The predicted octanol–water partition coefficient (Wildman–Crippen LogP) is 7.96. The molecule has 3 aromatic carbocycles. The molecule has 2 amide bonds. The van der Waals surface area contributed by atoms with Crippen LogP contribution >= 0.6 is 11.8 Å². The molecule has 3 aromatic rings. The van der Waals surface area contributed by atoms with E-state index in [0.29, 0.717) is 17.0 Å². The van der Waals surface area contributed by atoms with Crippen molar-refractivity contribution in [2.24, 2.45) is 0 Å². The molecule has 0 bridgehead atoms. The number of carbonyl (C=O) groups excluding carboxylic acids is 2. The molecule has 0 aliphatic carbocycles. The highest BCUT2D eigenvalue weighted by Crippen LogP contribution is 2.40. The highest BCUT2D eigenvalue weighted by Gasteiger charge is 2.37. The van der Waals surface area contributed by atoms with Crippen molar-refractivity contribution in [1.29, 1.82) is 0 Å². The fraction of sp³-hybridized carbons (Fsp3) is 0.200. The minimum absolute atomic E-state index is 0.0594. The molecule has 0 spiro atoms. The van der Waals surface area contributed by atoms with E-state index in [0.717, 1.165) is 41.3 Å². The molecule has 0 fully saturated rings. The Morgan fingerprint density at radius 1 is 0.714 bits per heavy atom. The Labute approximate surface area is 242 Å². The van der Waals surface area contributed by atoms with Crippen LogP contribution in [0.2, 0.25) is 0 Å². The Balaban J connectivity index is 1.75. The van der Waals surface area contributed by atoms with Gasteiger partial charge in [-0.15, -0.1) is 11.8 Å². The fourth-order valence-corrected chi connectivity index (χ4v) is 5.08. The molecule has 0 saturated heterocycles. The zero-order chi connectivity index (χ0) is 30.8. The summed E-state index contributed by atoms with van der Waals surface area (Å²) in [6.07, 6.45) is -7.38. The second-order valence-corrected chi connectivity index (χ2v) is 10.4. The van der Waals surface area contributed by atoms with Crippen LogP contribution in [0.3, 0.4) is 0 Å². The van der Waals surface area contributed by atoms with Crippen LogP contribution in [-0.2, 0) is 21.9 Å². The van der Waals surface area contributed by atoms with Gasteiger partial charge < -0.3 is 16.0 Å². The summed E-state index contributed by atoms with van der Waals surface area (Å²) in [4.78, 5) is 28.2. The van der Waals surface area contributed by atoms with Crippen molar-refractivity contribution in [2.75, 3.05) is 16.9 Å². The predicted molar refractivity (Wildman–Crippen MR) is 150 cm³/mol. The highest BCUT2D eigenvalue weighted by molar-refractivity contribution is 7.98. The number of hydrogen-bond acceptors (Lipinski definition) is 4. The molecule has 0 aromatic heterocycles. The van der Waals surface area contributed by atoms with Gasteiger partial charge >= 0.3 is 12.4 Å². The van der Waals surface area contributed by atoms with Gasteiger partial charge in [0.05, 0.1) is 11.1 Å². The molecule has 1 aliphatic rings. The van der Waals surface area contributed by atoms with E-state index in [2.05, 4.69) is 16.0 Å². The molecule has 42 heavy (non-hydrogen) atoms. The lowest BCUT2D eigenvalue weighted by molar-refractivity contribution is -0.138. The summed E-state index contributed by atoms with van der Waals surface area (Å²) < 4.78 is 79.6. The Morgan fingerprint density at radius 3 is 1.52 bits per heavy atom. The average molecular weight is 606 g/mol. The first-order valence-electron chi connectivity index (χ1n) is 12.5. The molecule has 1 heterocycles. The normalized spacial score (nSPS) is 14.5. The van der Waals surface area contributed by atoms with Crippen LogP contribution in [0.25, 0.3) is 0 Å². The van der Waals surface area contributed by atoms with Crippen LogP contribution in [0.5, 0.6) is 0 Å². The Hall–Kier alpha value is -4.19. The topological polar surface area (TPSA) is 70.2 Å². The van der Waals surface area contributed by atoms with Gasteiger partial charge in [0.25, 0.3) is 11.8 Å². The van der Waals surface area contributed by atoms with Crippen molar-refractivity contribution in [1.82, 2.24) is 5.32 Å². The Morgan fingerprint density at radius 2 is 1.14 bits per heavy atom. The number of alkyl halides is 6. The smallest absolute Gasteiger partial charge is 0.362 e. The molecule has 0 atom stereocenters. The van der Waals surface area contributed by atoms with E-state index in [9.17, 15) is 35.9 Å². The zero-order valence-corrected chi connectivity index (χ0v) is 23.3. The molecular formula is C30H25F6N3O2S. The van der Waals surface area contributed by atoms with Gasteiger partial charge in [-0.25, -0.2) is 0 Å². The molecule has 0 unspecified atom stereocenters. The van der Waals surface area contributed by atoms with Gasteiger partial charge in [-0.05, 0) is 74.2 Å². The number of thioether (sulfide) groups is 1. The molecule has 4 rings (SSSR count). The number of rotatable bonds is 6. The molecule has 0 saturated carbocycles. The number of carbonyl (C=O) groups is 2. The van der Waals surface area contributed by atoms with E-state index in [-0.39, 0.29) is 22.5 Å². The number of halogens is 6. The standard InChI is InChI=1S/C30H25F6N3O2S/c1-16-24(27(40)38-21-8-4-6-19(14-21)29(31,32)33)26(18-10-12-23(42-3)13-11-18)25(17(2)37-16)28(41)39-22-9-5-7-20(15-22)30(34,35)36/h4-15,26,37H,1-3H3,(H,38,40)(H,39,41). The minimum Gasteiger partial charge on any atom is -0.362 e. The molecule has 1 aliphatic heterocycles. The van der Waals surface area contributed by atoms with Crippen molar-refractivity contribution in [3.05, 3.63) is 112 Å². The second kappa shape index (κ2) is 12.0. The molecule has 5 nitrogen and oxygen atoms in total. The van der Waals surface area contributed by atoms with Crippen LogP contribution in [0.15, 0.2) is 100 Å². The van der Waals surface area contributed by atoms with Gasteiger partial charge in [0.15, 0.2) is 0 Å². The summed E-state index contributed by atoms with van der Waals surface area (Å²) in [7, 11) is 0. The summed E-state index contributed by atoms with van der Waals surface area (Å²) in [5, 5.41) is 7.99.